The number of aryl methyl sites for hydroxylation is 2. The molecule has 0 spiro atoms. The van der Waals surface area contributed by atoms with Crippen LogP contribution in [0.5, 0.6) is 0 Å². The first-order chi connectivity index (χ1) is 5.66. The number of aromatic nitrogens is 2. The van der Waals surface area contributed by atoms with Gasteiger partial charge in [0, 0.05) is 5.69 Å². The van der Waals surface area contributed by atoms with Gasteiger partial charge in [0.15, 0.2) is 0 Å². The van der Waals surface area contributed by atoms with Crippen molar-refractivity contribution < 1.29 is 0 Å². The Morgan fingerprint density at radius 3 is 2.69 bits per heavy atom. The van der Waals surface area contributed by atoms with Crippen molar-refractivity contribution in [3.05, 3.63) is 23.5 Å². The Morgan fingerprint density at radius 2 is 2.00 bits per heavy atom. The normalized spacial score (nSPS) is 10.0. The average molecular weight is 198 g/mol. The molecule has 0 saturated heterocycles. The number of nitrogens with two attached hydrogens (primary N) is 1. The Kier molecular flexibility index (Phi) is 2.48. The average Bonchev–Trinajstić information content (AvgIpc) is 2.29. The number of rotatable bonds is 0. The first-order valence-electron chi connectivity index (χ1n) is 3.89. The van der Waals surface area contributed by atoms with Gasteiger partial charge in [-0.1, -0.05) is 0 Å². The van der Waals surface area contributed by atoms with Crippen molar-refractivity contribution in [3.63, 3.8) is 0 Å². The number of H-pyrrole nitrogens is 1. The first-order valence-corrected chi connectivity index (χ1v) is 3.89. The van der Waals surface area contributed by atoms with Gasteiger partial charge in [0.2, 0.25) is 0 Å². The molecule has 70 valence electrons. The van der Waals surface area contributed by atoms with E-state index in [1.54, 1.807) is 0 Å². The van der Waals surface area contributed by atoms with Crippen LogP contribution in [0.2, 0.25) is 0 Å². The highest BCUT2D eigenvalue weighted by Gasteiger charge is 2.02. The fourth-order valence-corrected chi connectivity index (χ4v) is 1.44. The molecule has 0 aliphatic heterocycles. The van der Waals surface area contributed by atoms with E-state index >= 15 is 0 Å². The topological polar surface area (TPSA) is 54.7 Å². The van der Waals surface area contributed by atoms with Gasteiger partial charge in [0.05, 0.1) is 11.0 Å². The molecule has 0 bridgehead atoms. The Bertz CT molecular complexity index is 434. The number of benzene rings is 1. The van der Waals surface area contributed by atoms with E-state index in [9.17, 15) is 0 Å². The molecule has 0 radical (unpaired) electrons. The number of hydrogen-bond acceptors (Lipinski definition) is 2. The zero-order valence-electron chi connectivity index (χ0n) is 7.59. The molecule has 0 aliphatic carbocycles. The molecule has 3 nitrogen and oxygen atoms in total. The van der Waals surface area contributed by atoms with Gasteiger partial charge in [-0.2, -0.15) is 0 Å². The van der Waals surface area contributed by atoms with E-state index in [0.29, 0.717) is 0 Å². The Labute approximate surface area is 82.8 Å². The van der Waals surface area contributed by atoms with Crippen molar-refractivity contribution in [3.8, 4) is 0 Å². The van der Waals surface area contributed by atoms with Gasteiger partial charge in [-0.25, -0.2) is 4.98 Å². The van der Waals surface area contributed by atoms with Crippen molar-refractivity contribution in [1.29, 1.82) is 0 Å². The van der Waals surface area contributed by atoms with Gasteiger partial charge in [-0.15, -0.1) is 12.4 Å². The smallest absolute Gasteiger partial charge is 0.104 e. The summed E-state index contributed by atoms with van der Waals surface area (Å²) in [5, 5.41) is 0. The van der Waals surface area contributed by atoms with Crippen LogP contribution in [0, 0.1) is 13.8 Å². The van der Waals surface area contributed by atoms with E-state index in [1.807, 2.05) is 26.0 Å². The summed E-state index contributed by atoms with van der Waals surface area (Å²) in [6.07, 6.45) is 0. The zero-order valence-corrected chi connectivity index (χ0v) is 8.40. The molecule has 2 aromatic rings. The number of aromatic amines is 1. The van der Waals surface area contributed by atoms with Gasteiger partial charge >= 0.3 is 0 Å². The summed E-state index contributed by atoms with van der Waals surface area (Å²) in [7, 11) is 0. The molecule has 1 heterocycles. The third kappa shape index (κ3) is 1.60. The van der Waals surface area contributed by atoms with Crippen LogP contribution in [0.25, 0.3) is 11.0 Å². The van der Waals surface area contributed by atoms with Gasteiger partial charge in [-0.05, 0) is 31.5 Å². The summed E-state index contributed by atoms with van der Waals surface area (Å²) >= 11 is 0. The SMILES string of the molecule is Cc1nc2c(C)cc(N)cc2[nH]1.Cl. The number of nitrogens with one attached hydrogen (secondary N) is 1. The summed E-state index contributed by atoms with van der Waals surface area (Å²) in [5.74, 6) is 0.929. The number of halogens is 1. The summed E-state index contributed by atoms with van der Waals surface area (Å²) in [5.41, 5.74) is 9.62. The van der Waals surface area contributed by atoms with Gasteiger partial charge in [0.25, 0.3) is 0 Å². The van der Waals surface area contributed by atoms with E-state index in [2.05, 4.69) is 9.97 Å². The largest absolute Gasteiger partial charge is 0.399 e. The molecule has 4 heteroatoms. The van der Waals surface area contributed by atoms with E-state index in [0.717, 1.165) is 28.1 Å². The highest BCUT2D eigenvalue weighted by molar-refractivity contribution is 5.85. The van der Waals surface area contributed by atoms with Crippen LogP contribution >= 0.6 is 12.4 Å². The molecule has 0 atom stereocenters. The second kappa shape index (κ2) is 3.26. The maximum Gasteiger partial charge on any atom is 0.104 e. The van der Waals surface area contributed by atoms with Gasteiger partial charge in [0.1, 0.15) is 5.82 Å². The van der Waals surface area contributed by atoms with Crippen molar-refractivity contribution in [2.75, 3.05) is 5.73 Å². The molecule has 0 amide bonds. The molecular weight excluding hydrogens is 186 g/mol. The van der Waals surface area contributed by atoms with Gasteiger partial charge in [-0.3, -0.25) is 0 Å². The minimum Gasteiger partial charge on any atom is -0.399 e. The van der Waals surface area contributed by atoms with E-state index in [4.69, 9.17) is 5.73 Å². The van der Waals surface area contributed by atoms with E-state index in [-0.39, 0.29) is 12.4 Å². The minimum absolute atomic E-state index is 0. The van der Waals surface area contributed by atoms with E-state index in [1.165, 1.54) is 0 Å². The molecule has 3 N–H and O–H groups in total. The second-order valence-corrected chi connectivity index (χ2v) is 3.06. The number of hydrogen-bond donors (Lipinski definition) is 2. The van der Waals surface area contributed by atoms with Crippen molar-refractivity contribution in [2.24, 2.45) is 0 Å². The van der Waals surface area contributed by atoms with Crippen molar-refractivity contribution in [2.45, 2.75) is 13.8 Å². The lowest BCUT2D eigenvalue weighted by Gasteiger charge is -1.96. The van der Waals surface area contributed by atoms with Crippen LogP contribution in [-0.4, -0.2) is 9.97 Å². The summed E-state index contributed by atoms with van der Waals surface area (Å²) in [6.45, 7) is 3.95. The standard InChI is InChI=1S/C9H11N3.ClH/c1-5-3-7(10)4-8-9(5)12-6(2)11-8;/h3-4H,10H2,1-2H3,(H,11,12);1H. The number of fused-ring (bicyclic) bond motifs is 1. The van der Waals surface area contributed by atoms with Crippen molar-refractivity contribution in [1.82, 2.24) is 9.97 Å². The Balaban J connectivity index is 0.000000845. The van der Waals surface area contributed by atoms with Crippen molar-refractivity contribution >= 4 is 29.1 Å². The summed E-state index contributed by atoms with van der Waals surface area (Å²) < 4.78 is 0. The van der Waals surface area contributed by atoms with Crippen LogP contribution in [0.4, 0.5) is 5.69 Å². The first kappa shape index (κ1) is 9.86. The number of anilines is 1. The highest BCUT2D eigenvalue weighted by Crippen LogP contribution is 2.19. The molecule has 0 fully saturated rings. The minimum atomic E-state index is 0. The van der Waals surface area contributed by atoms with Crippen LogP contribution in [0.1, 0.15) is 11.4 Å². The predicted molar refractivity (Wildman–Crippen MR) is 57.2 cm³/mol. The molecule has 0 aliphatic rings. The molecular formula is C9H12ClN3. The monoisotopic (exact) mass is 197 g/mol. The Morgan fingerprint density at radius 1 is 1.31 bits per heavy atom. The molecule has 13 heavy (non-hydrogen) atoms. The third-order valence-electron chi connectivity index (χ3n) is 1.92. The summed E-state index contributed by atoms with van der Waals surface area (Å²) in [6, 6.07) is 3.84. The number of nitrogens with zero attached hydrogens (tertiary/aromatic N) is 1. The molecule has 0 saturated carbocycles. The molecule has 1 aromatic carbocycles. The fourth-order valence-electron chi connectivity index (χ4n) is 1.44. The van der Waals surface area contributed by atoms with Crippen LogP contribution in [-0.2, 0) is 0 Å². The quantitative estimate of drug-likeness (QED) is 0.636. The van der Waals surface area contributed by atoms with Gasteiger partial charge < -0.3 is 10.7 Å². The highest BCUT2D eigenvalue weighted by atomic mass is 35.5. The zero-order chi connectivity index (χ0) is 8.72. The number of imidazole rings is 1. The molecule has 1 aromatic heterocycles. The lowest BCUT2D eigenvalue weighted by molar-refractivity contribution is 1.17. The molecule has 0 unspecified atom stereocenters. The van der Waals surface area contributed by atoms with Crippen LogP contribution < -0.4 is 5.73 Å². The van der Waals surface area contributed by atoms with E-state index < -0.39 is 0 Å². The lowest BCUT2D eigenvalue weighted by atomic mass is 10.2. The fraction of sp³-hybridized carbons (Fsp3) is 0.222. The molecule has 2 rings (SSSR count). The third-order valence-corrected chi connectivity index (χ3v) is 1.92. The number of nitrogen functional groups attached to an aromatic ring is 1. The predicted octanol–water partition coefficient (Wildman–Crippen LogP) is 2.18. The second-order valence-electron chi connectivity index (χ2n) is 3.06. The Hall–Kier alpha value is -1.22. The maximum atomic E-state index is 5.69. The summed E-state index contributed by atoms with van der Waals surface area (Å²) in [4.78, 5) is 7.49. The maximum absolute atomic E-state index is 5.69. The lowest BCUT2D eigenvalue weighted by Crippen LogP contribution is -1.86. The van der Waals surface area contributed by atoms with Crippen LogP contribution in [0.15, 0.2) is 12.1 Å². The van der Waals surface area contributed by atoms with Crippen LogP contribution in [0.3, 0.4) is 0 Å².